The normalized spacial score (nSPS) is 15.6. The van der Waals surface area contributed by atoms with E-state index in [0.29, 0.717) is 12.4 Å². The third-order valence-corrected chi connectivity index (χ3v) is 4.06. The highest BCUT2D eigenvalue weighted by atomic mass is 16.5. The molecule has 2 N–H and O–H groups in total. The SMILES string of the molecule is CCOc1ccc(N2C(=O)NC(=O)C(=Cc3cccc(OC)c3O)C2=O)cc1. The number of aromatic hydroxyl groups is 1. The van der Waals surface area contributed by atoms with Crippen molar-refractivity contribution in [2.45, 2.75) is 6.92 Å². The lowest BCUT2D eigenvalue weighted by atomic mass is 10.1. The van der Waals surface area contributed by atoms with Gasteiger partial charge >= 0.3 is 6.03 Å². The van der Waals surface area contributed by atoms with Crippen molar-refractivity contribution < 1.29 is 29.0 Å². The first-order chi connectivity index (χ1) is 13.5. The maximum atomic E-state index is 12.9. The first-order valence-corrected chi connectivity index (χ1v) is 8.46. The number of rotatable bonds is 5. The van der Waals surface area contributed by atoms with Crippen LogP contribution in [0.4, 0.5) is 10.5 Å². The summed E-state index contributed by atoms with van der Waals surface area (Å²) >= 11 is 0. The van der Waals surface area contributed by atoms with E-state index in [-0.39, 0.29) is 28.3 Å². The van der Waals surface area contributed by atoms with E-state index in [1.807, 2.05) is 6.92 Å². The fourth-order valence-electron chi connectivity index (χ4n) is 2.73. The van der Waals surface area contributed by atoms with Crippen LogP contribution in [0, 0.1) is 0 Å². The summed E-state index contributed by atoms with van der Waals surface area (Å²) in [5.41, 5.74) is 0.190. The van der Waals surface area contributed by atoms with Crippen LogP contribution in [0.1, 0.15) is 12.5 Å². The number of methoxy groups -OCH3 is 1. The number of phenolic OH excluding ortho intramolecular Hbond substituents is 1. The fraction of sp³-hybridized carbons (Fsp3) is 0.150. The predicted molar refractivity (Wildman–Crippen MR) is 101 cm³/mol. The van der Waals surface area contributed by atoms with Crippen LogP contribution < -0.4 is 19.7 Å². The number of hydrogen-bond donors (Lipinski definition) is 2. The van der Waals surface area contributed by atoms with Gasteiger partial charge in [-0.15, -0.1) is 0 Å². The first-order valence-electron chi connectivity index (χ1n) is 8.46. The monoisotopic (exact) mass is 382 g/mol. The van der Waals surface area contributed by atoms with Crippen molar-refractivity contribution in [1.82, 2.24) is 5.32 Å². The number of phenols is 1. The van der Waals surface area contributed by atoms with Gasteiger partial charge in [0.2, 0.25) is 0 Å². The number of carbonyl (C=O) groups excluding carboxylic acids is 3. The number of carbonyl (C=O) groups is 3. The Hall–Kier alpha value is -3.81. The molecule has 2 aromatic rings. The molecule has 1 aliphatic heterocycles. The Labute approximate surface area is 161 Å². The standard InChI is InChI=1S/C20H18N2O6/c1-3-28-14-9-7-13(8-10-14)22-19(25)15(18(24)21-20(22)26)11-12-5-4-6-16(27-2)17(12)23/h4-11,23H,3H2,1-2H3,(H,21,24,26). The second-order valence-corrected chi connectivity index (χ2v) is 5.78. The number of anilines is 1. The van der Waals surface area contributed by atoms with Crippen LogP contribution in [0.2, 0.25) is 0 Å². The maximum absolute atomic E-state index is 12.9. The zero-order valence-corrected chi connectivity index (χ0v) is 15.3. The quantitative estimate of drug-likeness (QED) is 0.608. The second kappa shape index (κ2) is 7.83. The molecule has 0 saturated carbocycles. The summed E-state index contributed by atoms with van der Waals surface area (Å²) in [4.78, 5) is 38.2. The molecule has 3 rings (SSSR count). The summed E-state index contributed by atoms with van der Waals surface area (Å²) in [5.74, 6) is -1.09. The molecule has 0 bridgehead atoms. The summed E-state index contributed by atoms with van der Waals surface area (Å²) in [6.07, 6.45) is 1.21. The Balaban J connectivity index is 1.98. The number of nitrogens with zero attached hydrogens (tertiary/aromatic N) is 1. The lowest BCUT2D eigenvalue weighted by Crippen LogP contribution is -2.54. The summed E-state index contributed by atoms with van der Waals surface area (Å²) in [7, 11) is 1.39. The molecule has 0 unspecified atom stereocenters. The maximum Gasteiger partial charge on any atom is 0.335 e. The molecular formula is C20H18N2O6. The number of para-hydroxylation sites is 1. The molecule has 0 spiro atoms. The van der Waals surface area contributed by atoms with Crippen LogP contribution in [0.3, 0.4) is 0 Å². The van der Waals surface area contributed by atoms with E-state index < -0.39 is 17.8 Å². The first kappa shape index (κ1) is 19.0. The highest BCUT2D eigenvalue weighted by Gasteiger charge is 2.37. The summed E-state index contributed by atoms with van der Waals surface area (Å²) in [6, 6.07) is 10.1. The van der Waals surface area contributed by atoms with Gasteiger partial charge in [0.25, 0.3) is 11.8 Å². The fourth-order valence-corrected chi connectivity index (χ4v) is 2.73. The molecule has 144 valence electrons. The Bertz CT molecular complexity index is 965. The van der Waals surface area contributed by atoms with E-state index in [2.05, 4.69) is 5.32 Å². The van der Waals surface area contributed by atoms with Crippen LogP contribution >= 0.6 is 0 Å². The molecular weight excluding hydrogens is 364 g/mol. The molecule has 0 aliphatic carbocycles. The number of amides is 4. The minimum atomic E-state index is -0.855. The van der Waals surface area contributed by atoms with Crippen molar-refractivity contribution in [3.8, 4) is 17.2 Å². The third-order valence-electron chi connectivity index (χ3n) is 4.06. The number of urea groups is 1. The number of barbiturate groups is 1. The molecule has 1 saturated heterocycles. The van der Waals surface area contributed by atoms with Crippen LogP contribution in [0.15, 0.2) is 48.0 Å². The Morgan fingerprint density at radius 1 is 1.11 bits per heavy atom. The van der Waals surface area contributed by atoms with E-state index >= 15 is 0 Å². The number of ether oxygens (including phenoxy) is 2. The molecule has 1 fully saturated rings. The van der Waals surface area contributed by atoms with Crippen molar-refractivity contribution in [2.75, 3.05) is 18.6 Å². The van der Waals surface area contributed by atoms with Gasteiger partial charge in [0, 0.05) is 5.56 Å². The lowest BCUT2D eigenvalue weighted by molar-refractivity contribution is -0.122. The van der Waals surface area contributed by atoms with Crippen LogP contribution in [0.5, 0.6) is 17.2 Å². The van der Waals surface area contributed by atoms with Gasteiger partial charge in [0.15, 0.2) is 11.5 Å². The second-order valence-electron chi connectivity index (χ2n) is 5.78. The number of imide groups is 2. The summed E-state index contributed by atoms with van der Waals surface area (Å²) in [5, 5.41) is 12.3. The molecule has 1 aliphatic rings. The van der Waals surface area contributed by atoms with Crippen molar-refractivity contribution in [3.05, 3.63) is 53.6 Å². The smallest absolute Gasteiger partial charge is 0.335 e. The number of hydrogen-bond acceptors (Lipinski definition) is 6. The van der Waals surface area contributed by atoms with Gasteiger partial charge in [0.05, 0.1) is 19.4 Å². The van der Waals surface area contributed by atoms with Crippen molar-refractivity contribution in [1.29, 1.82) is 0 Å². The average Bonchev–Trinajstić information content (AvgIpc) is 2.67. The molecule has 1 heterocycles. The Morgan fingerprint density at radius 3 is 2.46 bits per heavy atom. The minimum absolute atomic E-state index is 0.192. The average molecular weight is 382 g/mol. The van der Waals surface area contributed by atoms with Gasteiger partial charge < -0.3 is 14.6 Å². The topological polar surface area (TPSA) is 105 Å². The molecule has 0 atom stereocenters. The highest BCUT2D eigenvalue weighted by molar-refractivity contribution is 6.39. The van der Waals surface area contributed by atoms with E-state index in [1.165, 1.54) is 25.3 Å². The largest absolute Gasteiger partial charge is 0.504 e. The third kappa shape index (κ3) is 3.52. The van der Waals surface area contributed by atoms with Crippen molar-refractivity contribution in [2.24, 2.45) is 0 Å². The molecule has 8 nitrogen and oxygen atoms in total. The van der Waals surface area contributed by atoms with Gasteiger partial charge in [-0.2, -0.15) is 0 Å². The number of benzene rings is 2. The Morgan fingerprint density at radius 2 is 1.82 bits per heavy atom. The van der Waals surface area contributed by atoms with Crippen LogP contribution in [-0.4, -0.2) is 36.7 Å². The van der Waals surface area contributed by atoms with Gasteiger partial charge in [-0.1, -0.05) is 12.1 Å². The zero-order chi connectivity index (χ0) is 20.3. The minimum Gasteiger partial charge on any atom is -0.504 e. The highest BCUT2D eigenvalue weighted by Crippen LogP contribution is 2.32. The van der Waals surface area contributed by atoms with E-state index in [9.17, 15) is 19.5 Å². The lowest BCUT2D eigenvalue weighted by Gasteiger charge is -2.26. The van der Waals surface area contributed by atoms with Gasteiger partial charge in [-0.05, 0) is 43.3 Å². The molecule has 4 amide bonds. The van der Waals surface area contributed by atoms with Crippen molar-refractivity contribution in [3.63, 3.8) is 0 Å². The molecule has 28 heavy (non-hydrogen) atoms. The molecule has 0 radical (unpaired) electrons. The van der Waals surface area contributed by atoms with Crippen LogP contribution in [-0.2, 0) is 9.59 Å². The van der Waals surface area contributed by atoms with E-state index in [4.69, 9.17) is 9.47 Å². The van der Waals surface area contributed by atoms with Crippen LogP contribution in [0.25, 0.3) is 6.08 Å². The van der Waals surface area contributed by atoms with Gasteiger partial charge in [-0.25, -0.2) is 9.69 Å². The van der Waals surface area contributed by atoms with E-state index in [0.717, 1.165) is 4.90 Å². The number of nitrogens with one attached hydrogen (secondary N) is 1. The molecule has 0 aromatic heterocycles. The zero-order valence-electron chi connectivity index (χ0n) is 15.3. The van der Waals surface area contributed by atoms with E-state index in [1.54, 1.807) is 30.3 Å². The summed E-state index contributed by atoms with van der Waals surface area (Å²) in [6.45, 7) is 2.32. The van der Waals surface area contributed by atoms with Crippen molar-refractivity contribution >= 4 is 29.6 Å². The molecule has 2 aromatic carbocycles. The Kier molecular flexibility index (Phi) is 5.30. The molecule has 8 heteroatoms. The summed E-state index contributed by atoms with van der Waals surface area (Å²) < 4.78 is 10.4. The predicted octanol–water partition coefficient (Wildman–Crippen LogP) is 2.47. The van der Waals surface area contributed by atoms with Gasteiger partial charge in [-0.3, -0.25) is 14.9 Å². The van der Waals surface area contributed by atoms with Gasteiger partial charge in [0.1, 0.15) is 11.3 Å².